The molecule has 1 aliphatic carbocycles. The Morgan fingerprint density at radius 1 is 1.04 bits per heavy atom. The van der Waals surface area contributed by atoms with Crippen molar-refractivity contribution in [3.8, 4) is 0 Å². The summed E-state index contributed by atoms with van der Waals surface area (Å²) >= 11 is 1.58. The molecule has 0 N–H and O–H groups in total. The molecule has 2 aliphatic rings. The van der Waals surface area contributed by atoms with Gasteiger partial charge in [0.25, 0.3) is 0 Å². The van der Waals surface area contributed by atoms with Crippen molar-refractivity contribution < 1.29 is 9.59 Å². The van der Waals surface area contributed by atoms with E-state index < -0.39 is 0 Å². The Kier molecular flexibility index (Phi) is 4.02. The number of benzene rings is 1. The molecule has 0 bridgehead atoms. The number of carbonyl (C=O) groups excluding carboxylic acids is 2. The number of hydrogen-bond donors (Lipinski definition) is 0. The smallest absolute Gasteiger partial charge is 0.233 e. The van der Waals surface area contributed by atoms with Crippen LogP contribution < -0.4 is 0 Å². The first-order chi connectivity index (χ1) is 11.7. The first kappa shape index (κ1) is 15.3. The number of likely N-dealkylation sites (tertiary alicyclic amines) is 1. The second-order valence-electron chi connectivity index (χ2n) is 6.31. The predicted octanol–water partition coefficient (Wildman–Crippen LogP) is 3.19. The van der Waals surface area contributed by atoms with Crippen molar-refractivity contribution in [1.29, 1.82) is 0 Å². The van der Waals surface area contributed by atoms with E-state index in [1.54, 1.807) is 11.3 Å². The number of thiazole rings is 1. The van der Waals surface area contributed by atoms with Gasteiger partial charge in [0, 0.05) is 11.8 Å². The Labute approximate surface area is 144 Å². The molecule has 4 nitrogen and oxygen atoms in total. The van der Waals surface area contributed by atoms with Crippen molar-refractivity contribution in [3.63, 3.8) is 0 Å². The molecule has 1 aromatic heterocycles. The first-order valence-electron chi connectivity index (χ1n) is 8.20. The van der Waals surface area contributed by atoms with Crippen LogP contribution in [-0.2, 0) is 22.6 Å². The van der Waals surface area contributed by atoms with Crippen LogP contribution in [0.4, 0.5) is 0 Å². The zero-order chi connectivity index (χ0) is 16.5. The third-order valence-corrected chi connectivity index (χ3v) is 5.61. The number of rotatable bonds is 4. The normalized spacial score (nSPS) is 22.9. The fraction of sp³-hybridized carbons (Fsp3) is 0.316. The summed E-state index contributed by atoms with van der Waals surface area (Å²) in [7, 11) is 0. The summed E-state index contributed by atoms with van der Waals surface area (Å²) in [5.74, 6) is -0.395. The van der Waals surface area contributed by atoms with Crippen LogP contribution in [0, 0.1) is 11.8 Å². The van der Waals surface area contributed by atoms with E-state index in [-0.39, 0.29) is 23.7 Å². The van der Waals surface area contributed by atoms with Gasteiger partial charge in [0.1, 0.15) is 0 Å². The van der Waals surface area contributed by atoms with Crippen LogP contribution >= 0.6 is 11.3 Å². The number of allylic oxidation sites excluding steroid dienone is 2. The monoisotopic (exact) mass is 338 g/mol. The number of amides is 2. The molecule has 1 aromatic carbocycles. The summed E-state index contributed by atoms with van der Waals surface area (Å²) in [6, 6.07) is 10.2. The molecule has 0 unspecified atom stereocenters. The summed E-state index contributed by atoms with van der Waals surface area (Å²) in [6.07, 6.45) is 6.17. The highest BCUT2D eigenvalue weighted by atomic mass is 32.1. The van der Waals surface area contributed by atoms with Crippen LogP contribution in [0.2, 0.25) is 0 Å². The average molecular weight is 338 g/mol. The largest absolute Gasteiger partial charge is 0.276 e. The minimum absolute atomic E-state index is 0.0352. The third kappa shape index (κ3) is 2.80. The molecule has 24 heavy (non-hydrogen) atoms. The van der Waals surface area contributed by atoms with E-state index >= 15 is 0 Å². The van der Waals surface area contributed by atoms with Crippen LogP contribution in [0.5, 0.6) is 0 Å². The molecule has 2 atom stereocenters. The van der Waals surface area contributed by atoms with E-state index in [1.807, 2.05) is 35.7 Å². The molecule has 122 valence electrons. The average Bonchev–Trinajstić information content (AvgIpc) is 3.15. The van der Waals surface area contributed by atoms with Crippen LogP contribution in [0.15, 0.2) is 47.9 Å². The van der Waals surface area contributed by atoms with Gasteiger partial charge in [-0.25, -0.2) is 4.98 Å². The van der Waals surface area contributed by atoms with Crippen molar-refractivity contribution in [2.45, 2.75) is 25.8 Å². The minimum atomic E-state index is -0.162. The molecular formula is C19H18N2O2S. The number of imide groups is 1. The Balaban J connectivity index is 1.46. The van der Waals surface area contributed by atoms with Gasteiger partial charge in [-0.2, -0.15) is 0 Å². The van der Waals surface area contributed by atoms with Gasteiger partial charge in [0.15, 0.2) is 0 Å². The first-order valence-corrected chi connectivity index (χ1v) is 9.08. The molecule has 5 heteroatoms. The van der Waals surface area contributed by atoms with Crippen LogP contribution in [0.25, 0.3) is 0 Å². The van der Waals surface area contributed by atoms with E-state index in [4.69, 9.17) is 0 Å². The highest BCUT2D eigenvalue weighted by molar-refractivity contribution is 7.09. The Bertz CT molecular complexity index is 771. The van der Waals surface area contributed by atoms with Crippen molar-refractivity contribution in [2.75, 3.05) is 0 Å². The van der Waals surface area contributed by atoms with Gasteiger partial charge in [-0.15, -0.1) is 11.3 Å². The second-order valence-corrected chi connectivity index (χ2v) is 7.26. The lowest BCUT2D eigenvalue weighted by molar-refractivity contribution is -0.140. The number of aromatic nitrogens is 1. The predicted molar refractivity (Wildman–Crippen MR) is 92.3 cm³/mol. The SMILES string of the molecule is O=C1[C@H]2CC=CC[C@@H]2C(=O)N1Cc1csc(Cc2ccccc2)n1. The van der Waals surface area contributed by atoms with E-state index in [1.165, 1.54) is 10.5 Å². The summed E-state index contributed by atoms with van der Waals surface area (Å²) < 4.78 is 0. The van der Waals surface area contributed by atoms with E-state index in [0.717, 1.165) is 17.1 Å². The van der Waals surface area contributed by atoms with Crippen molar-refractivity contribution in [1.82, 2.24) is 9.88 Å². The van der Waals surface area contributed by atoms with Crippen LogP contribution in [0.1, 0.15) is 29.1 Å². The lowest BCUT2D eigenvalue weighted by Gasteiger charge is -2.14. The molecule has 2 heterocycles. The van der Waals surface area contributed by atoms with E-state index in [0.29, 0.717) is 19.4 Å². The Morgan fingerprint density at radius 2 is 1.71 bits per heavy atom. The van der Waals surface area contributed by atoms with Crippen LogP contribution in [0.3, 0.4) is 0 Å². The van der Waals surface area contributed by atoms with E-state index in [9.17, 15) is 9.59 Å². The quantitative estimate of drug-likeness (QED) is 0.635. The topological polar surface area (TPSA) is 50.3 Å². The fourth-order valence-corrected chi connectivity index (χ4v) is 4.28. The number of carbonyl (C=O) groups is 2. The molecule has 4 rings (SSSR count). The highest BCUT2D eigenvalue weighted by Crippen LogP contribution is 2.35. The van der Waals surface area contributed by atoms with Crippen molar-refractivity contribution in [2.24, 2.45) is 11.8 Å². The Morgan fingerprint density at radius 3 is 2.38 bits per heavy atom. The maximum Gasteiger partial charge on any atom is 0.233 e. The number of hydrogen-bond acceptors (Lipinski definition) is 4. The molecule has 0 radical (unpaired) electrons. The molecule has 1 aliphatic heterocycles. The third-order valence-electron chi connectivity index (χ3n) is 4.72. The van der Waals surface area contributed by atoms with Gasteiger partial charge in [-0.05, 0) is 18.4 Å². The zero-order valence-electron chi connectivity index (χ0n) is 13.2. The van der Waals surface area contributed by atoms with Gasteiger partial charge < -0.3 is 0 Å². The minimum Gasteiger partial charge on any atom is -0.276 e. The Hall–Kier alpha value is -2.27. The molecular weight excluding hydrogens is 320 g/mol. The van der Waals surface area contributed by atoms with Crippen molar-refractivity contribution in [3.05, 3.63) is 64.1 Å². The number of nitrogens with zero attached hydrogens (tertiary/aromatic N) is 2. The molecule has 2 amide bonds. The summed E-state index contributed by atoms with van der Waals surface area (Å²) in [5.41, 5.74) is 2.02. The highest BCUT2D eigenvalue weighted by Gasteiger charge is 2.47. The molecule has 0 spiro atoms. The maximum atomic E-state index is 12.5. The maximum absolute atomic E-state index is 12.5. The summed E-state index contributed by atoms with van der Waals surface area (Å²) in [6.45, 7) is 0.302. The van der Waals surface area contributed by atoms with Gasteiger partial charge in [-0.1, -0.05) is 42.5 Å². The molecule has 1 saturated heterocycles. The lowest BCUT2D eigenvalue weighted by Crippen LogP contribution is -2.30. The zero-order valence-corrected chi connectivity index (χ0v) is 14.0. The van der Waals surface area contributed by atoms with Crippen LogP contribution in [-0.4, -0.2) is 21.7 Å². The van der Waals surface area contributed by atoms with Gasteiger partial charge in [0.2, 0.25) is 11.8 Å². The summed E-state index contributed by atoms with van der Waals surface area (Å²) in [4.78, 5) is 31.0. The van der Waals surface area contributed by atoms with E-state index in [2.05, 4.69) is 17.1 Å². The lowest BCUT2D eigenvalue weighted by atomic mass is 9.85. The summed E-state index contributed by atoms with van der Waals surface area (Å²) in [5, 5.41) is 2.97. The van der Waals surface area contributed by atoms with Crippen molar-refractivity contribution >= 4 is 23.2 Å². The molecule has 2 aromatic rings. The van der Waals surface area contributed by atoms with Gasteiger partial charge >= 0.3 is 0 Å². The second kappa shape index (κ2) is 6.32. The van der Waals surface area contributed by atoms with Gasteiger partial charge in [0.05, 0.1) is 29.1 Å². The standard InChI is InChI=1S/C19H18N2O2S/c22-18-15-8-4-5-9-16(15)19(23)21(18)11-14-12-24-17(20-14)10-13-6-2-1-3-7-13/h1-7,12,15-16H,8-11H2/t15-,16-/m0/s1. The molecule has 0 saturated carbocycles. The van der Waals surface area contributed by atoms with Gasteiger partial charge in [-0.3, -0.25) is 14.5 Å². The fourth-order valence-electron chi connectivity index (χ4n) is 3.46. The number of fused-ring (bicyclic) bond motifs is 1. The molecule has 1 fully saturated rings.